The van der Waals surface area contributed by atoms with Gasteiger partial charge in [-0.2, -0.15) is 0 Å². The van der Waals surface area contributed by atoms with Crippen molar-refractivity contribution in [1.82, 2.24) is 10.6 Å². The van der Waals surface area contributed by atoms with Gasteiger partial charge in [0.2, 0.25) is 0 Å². The molecule has 7 heteroatoms. The molecule has 0 aliphatic heterocycles. The predicted octanol–water partition coefficient (Wildman–Crippen LogP) is 1.79. The highest BCUT2D eigenvalue weighted by atomic mass is 16.5. The third kappa shape index (κ3) is 10.2. The molecule has 0 saturated heterocycles. The molecule has 1 atom stereocenters. The highest BCUT2D eigenvalue weighted by molar-refractivity contribution is 5.77. The van der Waals surface area contributed by atoms with Crippen LogP contribution in [0.1, 0.15) is 12.0 Å². The third-order valence-corrected chi connectivity index (χ3v) is 4.30. The van der Waals surface area contributed by atoms with Gasteiger partial charge in [-0.1, -0.05) is 30.3 Å². The fourth-order valence-corrected chi connectivity index (χ4v) is 2.67. The number of amides is 1. The maximum Gasteiger partial charge on any atom is 0.257 e. The van der Waals surface area contributed by atoms with E-state index in [-0.39, 0.29) is 19.1 Å². The van der Waals surface area contributed by atoms with E-state index < -0.39 is 6.10 Å². The smallest absolute Gasteiger partial charge is 0.257 e. The van der Waals surface area contributed by atoms with E-state index in [1.54, 1.807) is 7.11 Å². The molecule has 2 aromatic rings. The Morgan fingerprint density at radius 2 is 1.73 bits per heavy atom. The van der Waals surface area contributed by atoms with Gasteiger partial charge in [-0.3, -0.25) is 4.79 Å². The van der Waals surface area contributed by atoms with E-state index >= 15 is 0 Å². The van der Waals surface area contributed by atoms with Gasteiger partial charge in [-0.25, -0.2) is 0 Å². The molecular formula is C23H32N2O5. The molecule has 7 nitrogen and oxygen atoms in total. The number of aliphatic hydroxyl groups excluding tert-OH is 1. The Morgan fingerprint density at radius 3 is 2.47 bits per heavy atom. The number of rotatable bonds is 15. The number of hydrogen-bond donors (Lipinski definition) is 3. The van der Waals surface area contributed by atoms with Gasteiger partial charge >= 0.3 is 0 Å². The minimum atomic E-state index is -0.568. The second-order valence-electron chi connectivity index (χ2n) is 6.86. The molecule has 0 aromatic heterocycles. The predicted molar refractivity (Wildman–Crippen MR) is 116 cm³/mol. The first-order valence-electron chi connectivity index (χ1n) is 10.2. The summed E-state index contributed by atoms with van der Waals surface area (Å²) in [5.74, 6) is 1.27. The molecule has 0 aliphatic carbocycles. The molecule has 0 aliphatic rings. The van der Waals surface area contributed by atoms with Crippen molar-refractivity contribution in [2.24, 2.45) is 0 Å². The summed E-state index contributed by atoms with van der Waals surface area (Å²) in [6.07, 6.45) is 1.04. The summed E-state index contributed by atoms with van der Waals surface area (Å²) in [7, 11) is 1.64. The van der Waals surface area contributed by atoms with E-state index in [1.807, 2.05) is 54.6 Å². The summed E-state index contributed by atoms with van der Waals surface area (Å²) < 4.78 is 16.0. The highest BCUT2D eigenvalue weighted by Gasteiger charge is 2.05. The molecule has 3 N–H and O–H groups in total. The molecule has 1 unspecified atom stereocenters. The van der Waals surface area contributed by atoms with Gasteiger partial charge in [-0.05, 0) is 49.2 Å². The number of benzene rings is 2. The molecular weight excluding hydrogens is 384 g/mol. The largest absolute Gasteiger partial charge is 0.491 e. The average molecular weight is 417 g/mol. The minimum Gasteiger partial charge on any atom is -0.491 e. The molecule has 0 fully saturated rings. The Hall–Kier alpha value is -2.61. The Bertz CT molecular complexity index is 709. The van der Waals surface area contributed by atoms with Crippen LogP contribution in [0, 0.1) is 0 Å². The van der Waals surface area contributed by atoms with Gasteiger partial charge < -0.3 is 30.0 Å². The maximum absolute atomic E-state index is 11.7. The van der Waals surface area contributed by atoms with Crippen LogP contribution in [-0.2, 0) is 16.0 Å². The van der Waals surface area contributed by atoms with Crippen molar-refractivity contribution in [2.75, 3.05) is 46.6 Å². The third-order valence-electron chi connectivity index (χ3n) is 4.30. The summed E-state index contributed by atoms with van der Waals surface area (Å²) >= 11 is 0. The van der Waals surface area contributed by atoms with Gasteiger partial charge in [-0.15, -0.1) is 0 Å². The normalized spacial score (nSPS) is 11.7. The molecule has 30 heavy (non-hydrogen) atoms. The average Bonchev–Trinajstić information content (AvgIpc) is 2.78. The Balaban J connectivity index is 1.55. The monoisotopic (exact) mass is 416 g/mol. The van der Waals surface area contributed by atoms with Gasteiger partial charge in [0.25, 0.3) is 5.91 Å². The van der Waals surface area contributed by atoms with Crippen LogP contribution < -0.4 is 20.1 Å². The Labute approximate surface area is 178 Å². The zero-order valence-corrected chi connectivity index (χ0v) is 17.5. The summed E-state index contributed by atoms with van der Waals surface area (Å²) in [5, 5.41) is 16.0. The lowest BCUT2D eigenvalue weighted by atomic mass is 10.1. The number of hydrogen-bond acceptors (Lipinski definition) is 6. The molecule has 2 rings (SSSR count). The van der Waals surface area contributed by atoms with E-state index in [1.165, 1.54) is 0 Å². The fraction of sp³-hybridized carbons (Fsp3) is 0.435. The van der Waals surface area contributed by atoms with Crippen molar-refractivity contribution in [3.05, 3.63) is 60.2 Å². The van der Waals surface area contributed by atoms with Crippen LogP contribution >= 0.6 is 0 Å². The van der Waals surface area contributed by atoms with Gasteiger partial charge in [0.15, 0.2) is 6.61 Å². The molecule has 0 spiro atoms. The maximum atomic E-state index is 11.7. The lowest BCUT2D eigenvalue weighted by Crippen LogP contribution is -2.32. The SMILES string of the molecule is COCCCNC(=O)COc1ccc(CCNCC(O)COc2ccccc2)cc1. The topological polar surface area (TPSA) is 89.1 Å². The van der Waals surface area contributed by atoms with Crippen LogP contribution in [0.5, 0.6) is 11.5 Å². The van der Waals surface area contributed by atoms with Crippen LogP contribution in [0.15, 0.2) is 54.6 Å². The van der Waals surface area contributed by atoms with Crippen molar-refractivity contribution in [2.45, 2.75) is 18.9 Å². The van der Waals surface area contributed by atoms with Crippen LogP contribution in [0.4, 0.5) is 0 Å². The Kier molecular flexibility index (Phi) is 11.3. The van der Waals surface area contributed by atoms with Crippen LogP contribution in [0.25, 0.3) is 0 Å². The number of nitrogens with one attached hydrogen (secondary N) is 2. The molecule has 0 bridgehead atoms. The first kappa shape index (κ1) is 23.7. The number of ether oxygens (including phenoxy) is 3. The van der Waals surface area contributed by atoms with Crippen molar-refractivity contribution < 1.29 is 24.1 Å². The van der Waals surface area contributed by atoms with E-state index in [4.69, 9.17) is 14.2 Å². The number of carbonyl (C=O) groups is 1. The van der Waals surface area contributed by atoms with Crippen molar-refractivity contribution >= 4 is 5.91 Å². The van der Waals surface area contributed by atoms with E-state index in [0.717, 1.165) is 30.7 Å². The quantitative estimate of drug-likeness (QED) is 0.384. The second-order valence-corrected chi connectivity index (χ2v) is 6.86. The van der Waals surface area contributed by atoms with Gasteiger partial charge in [0.1, 0.15) is 24.2 Å². The number of aliphatic hydroxyl groups is 1. The van der Waals surface area contributed by atoms with E-state index in [0.29, 0.717) is 25.4 Å². The summed E-state index contributed by atoms with van der Waals surface area (Å²) in [6, 6.07) is 17.1. The molecule has 164 valence electrons. The van der Waals surface area contributed by atoms with Crippen LogP contribution in [-0.4, -0.2) is 63.7 Å². The van der Waals surface area contributed by atoms with Gasteiger partial charge in [0, 0.05) is 26.8 Å². The number of carbonyl (C=O) groups excluding carboxylic acids is 1. The number of para-hydroxylation sites is 1. The van der Waals surface area contributed by atoms with Gasteiger partial charge in [0.05, 0.1) is 0 Å². The summed E-state index contributed by atoms with van der Waals surface area (Å²) in [5.41, 5.74) is 1.15. The van der Waals surface area contributed by atoms with E-state index in [2.05, 4.69) is 10.6 Å². The van der Waals surface area contributed by atoms with Crippen molar-refractivity contribution in [1.29, 1.82) is 0 Å². The molecule has 2 aromatic carbocycles. The van der Waals surface area contributed by atoms with Crippen LogP contribution in [0.3, 0.4) is 0 Å². The molecule has 1 amide bonds. The minimum absolute atomic E-state index is 0.00315. The first-order chi connectivity index (χ1) is 14.7. The molecule has 0 saturated carbocycles. The van der Waals surface area contributed by atoms with Crippen molar-refractivity contribution in [3.63, 3.8) is 0 Å². The Morgan fingerprint density at radius 1 is 1.00 bits per heavy atom. The highest BCUT2D eigenvalue weighted by Crippen LogP contribution is 2.12. The first-order valence-corrected chi connectivity index (χ1v) is 10.2. The zero-order valence-electron chi connectivity index (χ0n) is 17.5. The molecule has 0 heterocycles. The fourth-order valence-electron chi connectivity index (χ4n) is 2.67. The van der Waals surface area contributed by atoms with E-state index in [9.17, 15) is 9.90 Å². The number of methoxy groups -OCH3 is 1. The lowest BCUT2D eigenvalue weighted by Gasteiger charge is -2.13. The zero-order chi connectivity index (χ0) is 21.4. The summed E-state index contributed by atoms with van der Waals surface area (Å²) in [4.78, 5) is 11.7. The summed E-state index contributed by atoms with van der Waals surface area (Å²) in [6.45, 7) is 2.66. The molecule has 0 radical (unpaired) electrons. The second kappa shape index (κ2) is 14.4. The van der Waals surface area contributed by atoms with Crippen molar-refractivity contribution in [3.8, 4) is 11.5 Å². The lowest BCUT2D eigenvalue weighted by molar-refractivity contribution is -0.123. The van der Waals surface area contributed by atoms with Crippen LogP contribution in [0.2, 0.25) is 0 Å². The standard InChI is InChI=1S/C23H32N2O5/c1-28-15-5-13-25-23(27)18-30-22-10-8-19(9-11-22)12-14-24-16-20(26)17-29-21-6-3-2-4-7-21/h2-4,6-11,20,24,26H,5,12-18H2,1H3,(H,25,27).